The lowest BCUT2D eigenvalue weighted by molar-refractivity contribution is 0.217. The van der Waals surface area contributed by atoms with Gasteiger partial charge in [0.05, 0.1) is 0 Å². The van der Waals surface area contributed by atoms with Gasteiger partial charge in [0.15, 0.2) is 0 Å². The molecule has 1 aliphatic rings. The summed E-state index contributed by atoms with van der Waals surface area (Å²) < 4.78 is 2.25. The van der Waals surface area contributed by atoms with E-state index in [1.165, 1.54) is 25.7 Å². The van der Waals surface area contributed by atoms with E-state index in [4.69, 9.17) is 5.84 Å². The van der Waals surface area contributed by atoms with Gasteiger partial charge in [-0.2, -0.15) is 0 Å². The van der Waals surface area contributed by atoms with Crippen LogP contribution in [0.4, 0.5) is 0 Å². The largest absolute Gasteiger partial charge is 0.335 e. The Morgan fingerprint density at radius 1 is 1.50 bits per heavy atom. The van der Waals surface area contributed by atoms with Crippen LogP contribution in [0, 0.1) is 5.41 Å². The number of hydrogen-bond donors (Lipinski definition) is 2. The maximum atomic E-state index is 5.79. The Labute approximate surface area is 110 Å². The van der Waals surface area contributed by atoms with Crippen molar-refractivity contribution in [2.75, 3.05) is 0 Å². The van der Waals surface area contributed by atoms with Crippen LogP contribution < -0.4 is 11.3 Å². The summed E-state index contributed by atoms with van der Waals surface area (Å²) in [6.07, 6.45) is 11.3. The number of hydrogen-bond acceptors (Lipinski definition) is 3. The number of aromatic nitrogens is 2. The molecule has 0 radical (unpaired) electrons. The molecule has 2 rings (SSSR count). The van der Waals surface area contributed by atoms with Crippen molar-refractivity contribution in [1.82, 2.24) is 15.0 Å². The standard InChI is InChI=1S/C14H26N4/c1-3-9-18-10-8-16-13(18)11-12(17-15)14(2)6-4-5-7-14/h8,10,12,17H,3-7,9,11,15H2,1-2H3. The first-order valence-corrected chi connectivity index (χ1v) is 7.16. The summed E-state index contributed by atoms with van der Waals surface area (Å²) in [5.74, 6) is 6.95. The maximum Gasteiger partial charge on any atom is 0.110 e. The van der Waals surface area contributed by atoms with E-state index in [1.807, 2.05) is 6.20 Å². The van der Waals surface area contributed by atoms with Crippen LogP contribution in [0.15, 0.2) is 12.4 Å². The molecule has 0 amide bonds. The predicted molar refractivity (Wildman–Crippen MR) is 73.9 cm³/mol. The molecule has 1 heterocycles. The van der Waals surface area contributed by atoms with Crippen molar-refractivity contribution >= 4 is 0 Å². The van der Waals surface area contributed by atoms with Crippen molar-refractivity contribution in [1.29, 1.82) is 0 Å². The fourth-order valence-corrected chi connectivity index (χ4v) is 3.19. The van der Waals surface area contributed by atoms with Gasteiger partial charge < -0.3 is 4.57 Å². The highest BCUT2D eigenvalue weighted by atomic mass is 15.2. The molecule has 102 valence electrons. The predicted octanol–water partition coefficient (Wildman–Crippen LogP) is 2.25. The quantitative estimate of drug-likeness (QED) is 0.601. The van der Waals surface area contributed by atoms with Crippen LogP contribution in [0.3, 0.4) is 0 Å². The molecule has 0 bridgehead atoms. The van der Waals surface area contributed by atoms with Crippen molar-refractivity contribution in [3.05, 3.63) is 18.2 Å². The van der Waals surface area contributed by atoms with Gasteiger partial charge in [0.25, 0.3) is 0 Å². The number of nitrogens with two attached hydrogens (primary N) is 1. The normalized spacial score (nSPS) is 20.2. The summed E-state index contributed by atoms with van der Waals surface area (Å²) >= 11 is 0. The minimum atomic E-state index is 0.331. The average Bonchev–Trinajstić information content (AvgIpc) is 2.97. The number of hydrazine groups is 1. The molecular formula is C14H26N4. The van der Waals surface area contributed by atoms with E-state index in [2.05, 4.69) is 35.0 Å². The van der Waals surface area contributed by atoms with Crippen molar-refractivity contribution in [3.63, 3.8) is 0 Å². The second kappa shape index (κ2) is 5.85. The Morgan fingerprint density at radius 3 is 2.83 bits per heavy atom. The van der Waals surface area contributed by atoms with Crippen LogP contribution in [0.1, 0.15) is 51.8 Å². The van der Waals surface area contributed by atoms with E-state index in [1.54, 1.807) is 0 Å². The molecule has 0 saturated heterocycles. The number of nitrogens with one attached hydrogen (secondary N) is 1. The van der Waals surface area contributed by atoms with Crippen LogP contribution in [-0.2, 0) is 13.0 Å². The van der Waals surface area contributed by atoms with Gasteiger partial charge in [-0.3, -0.25) is 11.3 Å². The van der Waals surface area contributed by atoms with Gasteiger partial charge >= 0.3 is 0 Å². The van der Waals surface area contributed by atoms with Crippen molar-refractivity contribution in [3.8, 4) is 0 Å². The molecule has 1 aromatic rings. The number of imidazole rings is 1. The second-order valence-electron chi connectivity index (χ2n) is 5.82. The lowest BCUT2D eigenvalue weighted by Crippen LogP contribution is -2.47. The van der Waals surface area contributed by atoms with Crippen molar-refractivity contribution in [2.45, 2.75) is 65.0 Å². The zero-order chi connectivity index (χ0) is 13.0. The van der Waals surface area contributed by atoms with Gasteiger partial charge in [-0.05, 0) is 24.7 Å². The molecule has 0 aliphatic heterocycles. The van der Waals surface area contributed by atoms with E-state index in [-0.39, 0.29) is 0 Å². The zero-order valence-electron chi connectivity index (χ0n) is 11.7. The van der Waals surface area contributed by atoms with Crippen LogP contribution in [-0.4, -0.2) is 15.6 Å². The Bertz CT molecular complexity index is 366. The van der Waals surface area contributed by atoms with Crippen LogP contribution in [0.25, 0.3) is 0 Å². The van der Waals surface area contributed by atoms with Crippen molar-refractivity contribution < 1.29 is 0 Å². The third kappa shape index (κ3) is 2.75. The van der Waals surface area contributed by atoms with E-state index < -0.39 is 0 Å². The first kappa shape index (κ1) is 13.6. The van der Waals surface area contributed by atoms with Gasteiger partial charge in [0.1, 0.15) is 5.82 Å². The Hall–Kier alpha value is -0.870. The summed E-state index contributed by atoms with van der Waals surface area (Å²) in [6, 6.07) is 0.331. The monoisotopic (exact) mass is 250 g/mol. The molecule has 4 nitrogen and oxygen atoms in total. The number of rotatable bonds is 6. The minimum absolute atomic E-state index is 0.331. The highest BCUT2D eigenvalue weighted by molar-refractivity contribution is 5.00. The number of nitrogens with zero attached hydrogens (tertiary/aromatic N) is 2. The molecule has 1 saturated carbocycles. The van der Waals surface area contributed by atoms with Gasteiger partial charge in [-0.25, -0.2) is 4.98 Å². The third-order valence-corrected chi connectivity index (χ3v) is 4.44. The maximum absolute atomic E-state index is 5.79. The zero-order valence-corrected chi connectivity index (χ0v) is 11.7. The first-order valence-electron chi connectivity index (χ1n) is 7.16. The van der Waals surface area contributed by atoms with E-state index in [0.29, 0.717) is 11.5 Å². The van der Waals surface area contributed by atoms with Crippen LogP contribution in [0.2, 0.25) is 0 Å². The summed E-state index contributed by atoms with van der Waals surface area (Å²) in [5, 5.41) is 0. The molecule has 3 N–H and O–H groups in total. The van der Waals surface area contributed by atoms with Crippen molar-refractivity contribution in [2.24, 2.45) is 11.3 Å². The Kier molecular flexibility index (Phi) is 4.40. The highest BCUT2D eigenvalue weighted by Crippen LogP contribution is 2.41. The Morgan fingerprint density at radius 2 is 2.22 bits per heavy atom. The molecule has 1 unspecified atom stereocenters. The average molecular weight is 250 g/mol. The fraction of sp³-hybridized carbons (Fsp3) is 0.786. The second-order valence-corrected chi connectivity index (χ2v) is 5.82. The fourth-order valence-electron chi connectivity index (χ4n) is 3.19. The van der Waals surface area contributed by atoms with Gasteiger partial charge in [0.2, 0.25) is 0 Å². The number of aryl methyl sites for hydroxylation is 1. The lowest BCUT2D eigenvalue weighted by atomic mass is 9.79. The van der Waals surface area contributed by atoms with E-state index >= 15 is 0 Å². The molecule has 4 heteroatoms. The van der Waals surface area contributed by atoms with E-state index in [9.17, 15) is 0 Å². The lowest BCUT2D eigenvalue weighted by Gasteiger charge is -2.33. The molecule has 1 aliphatic carbocycles. The highest BCUT2D eigenvalue weighted by Gasteiger charge is 2.36. The molecule has 0 spiro atoms. The molecule has 0 aromatic carbocycles. The summed E-state index contributed by atoms with van der Waals surface area (Å²) in [6.45, 7) is 5.60. The van der Waals surface area contributed by atoms with Gasteiger partial charge in [-0.1, -0.05) is 26.7 Å². The summed E-state index contributed by atoms with van der Waals surface area (Å²) in [5.41, 5.74) is 3.37. The summed E-state index contributed by atoms with van der Waals surface area (Å²) in [4.78, 5) is 4.49. The molecule has 1 aromatic heterocycles. The smallest absolute Gasteiger partial charge is 0.110 e. The molecule has 1 atom stereocenters. The SMILES string of the molecule is CCCn1ccnc1CC(NN)C1(C)CCCC1. The Balaban J connectivity index is 2.07. The van der Waals surface area contributed by atoms with Crippen LogP contribution in [0.5, 0.6) is 0 Å². The summed E-state index contributed by atoms with van der Waals surface area (Å²) in [7, 11) is 0. The van der Waals surface area contributed by atoms with Gasteiger partial charge in [-0.15, -0.1) is 0 Å². The third-order valence-electron chi connectivity index (χ3n) is 4.44. The minimum Gasteiger partial charge on any atom is -0.335 e. The first-order chi connectivity index (χ1) is 8.69. The molecule has 18 heavy (non-hydrogen) atoms. The topological polar surface area (TPSA) is 55.9 Å². The van der Waals surface area contributed by atoms with Gasteiger partial charge in [0, 0.05) is 31.4 Å². The molecular weight excluding hydrogens is 224 g/mol. The van der Waals surface area contributed by atoms with Crippen LogP contribution >= 0.6 is 0 Å². The van der Waals surface area contributed by atoms with E-state index in [0.717, 1.165) is 25.2 Å². The molecule has 1 fully saturated rings.